The number of fused-ring (bicyclic) bond motifs is 1. The quantitative estimate of drug-likeness (QED) is 0.903. The molecule has 0 bridgehead atoms. The fourth-order valence-electron chi connectivity index (χ4n) is 3.00. The van der Waals surface area contributed by atoms with Crippen molar-refractivity contribution in [3.8, 4) is 0 Å². The summed E-state index contributed by atoms with van der Waals surface area (Å²) in [5.74, 6) is 2.80. The zero-order valence-corrected chi connectivity index (χ0v) is 12.2. The second kappa shape index (κ2) is 5.87. The third kappa shape index (κ3) is 2.89. The molecule has 1 fully saturated rings. The lowest BCUT2D eigenvalue weighted by Gasteiger charge is -2.28. The molecule has 19 heavy (non-hydrogen) atoms. The molecule has 0 unspecified atom stereocenters. The van der Waals surface area contributed by atoms with Crippen LogP contribution in [0.3, 0.4) is 0 Å². The molecular formula is C15H21N3S. The lowest BCUT2D eigenvalue weighted by molar-refractivity contribution is 0.278. The largest absolute Gasteiger partial charge is 0.369 e. The molecule has 0 atom stereocenters. The molecule has 2 aromatic rings. The number of anilines is 1. The van der Waals surface area contributed by atoms with Gasteiger partial charge >= 0.3 is 0 Å². The van der Waals surface area contributed by atoms with Crippen molar-refractivity contribution in [2.75, 3.05) is 11.9 Å². The Morgan fingerprint density at radius 1 is 1.21 bits per heavy atom. The predicted molar refractivity (Wildman–Crippen MR) is 81.6 cm³/mol. The van der Waals surface area contributed by atoms with E-state index < -0.39 is 0 Å². The average Bonchev–Trinajstić information content (AvgIpc) is 2.94. The van der Waals surface area contributed by atoms with Crippen molar-refractivity contribution in [1.29, 1.82) is 0 Å². The van der Waals surface area contributed by atoms with Crippen LogP contribution in [0.25, 0.3) is 10.2 Å². The molecule has 3 rings (SSSR count). The maximum absolute atomic E-state index is 4.38. The van der Waals surface area contributed by atoms with Crippen LogP contribution >= 0.6 is 11.3 Å². The minimum Gasteiger partial charge on any atom is -0.369 e. The van der Waals surface area contributed by atoms with Crippen LogP contribution < -0.4 is 5.32 Å². The van der Waals surface area contributed by atoms with Crippen LogP contribution in [0.2, 0.25) is 0 Å². The van der Waals surface area contributed by atoms with Gasteiger partial charge in [-0.25, -0.2) is 9.97 Å². The van der Waals surface area contributed by atoms with Gasteiger partial charge in [-0.2, -0.15) is 0 Å². The SMILES string of the molecule is CCC1CCC(CNc2ncnc3ccsc23)CC1. The van der Waals surface area contributed by atoms with Gasteiger partial charge in [0.1, 0.15) is 12.1 Å². The lowest BCUT2D eigenvalue weighted by atomic mass is 9.81. The molecule has 2 aromatic heterocycles. The second-order valence-corrected chi connectivity index (χ2v) is 6.45. The van der Waals surface area contributed by atoms with Crippen LogP contribution in [-0.4, -0.2) is 16.5 Å². The van der Waals surface area contributed by atoms with Gasteiger partial charge in [-0.05, 0) is 36.1 Å². The third-order valence-corrected chi connectivity index (χ3v) is 5.26. The monoisotopic (exact) mass is 275 g/mol. The van der Waals surface area contributed by atoms with Gasteiger partial charge in [0.15, 0.2) is 0 Å². The number of thiophene rings is 1. The minimum atomic E-state index is 0.813. The van der Waals surface area contributed by atoms with Gasteiger partial charge in [0.05, 0.1) is 10.2 Å². The molecule has 3 nitrogen and oxygen atoms in total. The molecule has 2 heterocycles. The molecule has 1 aliphatic carbocycles. The molecule has 0 saturated heterocycles. The molecule has 0 aliphatic heterocycles. The van der Waals surface area contributed by atoms with Crippen molar-refractivity contribution in [3.63, 3.8) is 0 Å². The molecule has 1 saturated carbocycles. The van der Waals surface area contributed by atoms with Gasteiger partial charge < -0.3 is 5.32 Å². The number of hydrogen-bond donors (Lipinski definition) is 1. The van der Waals surface area contributed by atoms with Gasteiger partial charge in [-0.1, -0.05) is 26.2 Å². The van der Waals surface area contributed by atoms with Crippen molar-refractivity contribution in [2.45, 2.75) is 39.0 Å². The van der Waals surface area contributed by atoms with Gasteiger partial charge in [-0.3, -0.25) is 0 Å². The second-order valence-electron chi connectivity index (χ2n) is 5.53. The Labute approximate surface area is 118 Å². The molecule has 0 aromatic carbocycles. The molecule has 102 valence electrons. The van der Waals surface area contributed by atoms with E-state index in [0.717, 1.165) is 29.7 Å². The number of nitrogens with zero attached hydrogens (tertiary/aromatic N) is 2. The van der Waals surface area contributed by atoms with Crippen LogP contribution in [-0.2, 0) is 0 Å². The van der Waals surface area contributed by atoms with E-state index in [2.05, 4.69) is 33.7 Å². The van der Waals surface area contributed by atoms with Crippen LogP contribution in [0.15, 0.2) is 17.8 Å². The normalized spacial score (nSPS) is 23.6. The number of nitrogens with one attached hydrogen (secondary N) is 1. The molecule has 4 heteroatoms. The number of aromatic nitrogens is 2. The maximum atomic E-state index is 4.38. The molecule has 1 aliphatic rings. The summed E-state index contributed by atoms with van der Waals surface area (Å²) in [6.07, 6.45) is 8.55. The zero-order chi connectivity index (χ0) is 13.1. The first-order chi connectivity index (χ1) is 9.36. The summed E-state index contributed by atoms with van der Waals surface area (Å²) in [6, 6.07) is 2.05. The Hall–Kier alpha value is -1.16. The van der Waals surface area contributed by atoms with Gasteiger partial charge in [-0.15, -0.1) is 11.3 Å². The van der Waals surface area contributed by atoms with E-state index >= 15 is 0 Å². The van der Waals surface area contributed by atoms with Crippen LogP contribution in [0, 0.1) is 11.8 Å². The van der Waals surface area contributed by atoms with E-state index in [1.54, 1.807) is 17.7 Å². The first-order valence-electron chi connectivity index (χ1n) is 7.29. The average molecular weight is 275 g/mol. The fourth-order valence-corrected chi connectivity index (χ4v) is 3.81. The Kier molecular flexibility index (Phi) is 3.97. The summed E-state index contributed by atoms with van der Waals surface area (Å²) < 4.78 is 1.18. The summed E-state index contributed by atoms with van der Waals surface area (Å²) in [6.45, 7) is 3.37. The third-order valence-electron chi connectivity index (χ3n) is 4.35. The smallest absolute Gasteiger partial charge is 0.147 e. The lowest BCUT2D eigenvalue weighted by Crippen LogP contribution is -2.21. The molecule has 0 radical (unpaired) electrons. The van der Waals surface area contributed by atoms with Gasteiger partial charge in [0.2, 0.25) is 0 Å². The summed E-state index contributed by atoms with van der Waals surface area (Å²) in [5, 5.41) is 5.62. The summed E-state index contributed by atoms with van der Waals surface area (Å²) in [4.78, 5) is 8.66. The van der Waals surface area contributed by atoms with Crippen molar-refractivity contribution in [2.24, 2.45) is 11.8 Å². The Bertz CT molecular complexity index is 529. The highest BCUT2D eigenvalue weighted by atomic mass is 32.1. The van der Waals surface area contributed by atoms with Crippen LogP contribution in [0.5, 0.6) is 0 Å². The van der Waals surface area contributed by atoms with Crippen molar-refractivity contribution in [3.05, 3.63) is 17.8 Å². The van der Waals surface area contributed by atoms with Crippen molar-refractivity contribution >= 4 is 27.4 Å². The summed E-state index contributed by atoms with van der Waals surface area (Å²) in [7, 11) is 0. The molecular weight excluding hydrogens is 254 g/mol. The zero-order valence-electron chi connectivity index (χ0n) is 11.4. The molecule has 0 spiro atoms. The van der Waals surface area contributed by atoms with Crippen molar-refractivity contribution in [1.82, 2.24) is 9.97 Å². The van der Waals surface area contributed by atoms with E-state index in [4.69, 9.17) is 0 Å². The van der Waals surface area contributed by atoms with Crippen molar-refractivity contribution < 1.29 is 0 Å². The summed E-state index contributed by atoms with van der Waals surface area (Å²) in [5.41, 5.74) is 1.05. The van der Waals surface area contributed by atoms with E-state index in [0.29, 0.717) is 0 Å². The standard InChI is InChI=1S/C15H21N3S/c1-2-11-3-5-12(6-4-11)9-16-15-14-13(7-8-19-14)17-10-18-15/h7-8,10-12H,2-6,9H2,1H3,(H,16,17,18). The Balaban J connectivity index is 1.59. The van der Waals surface area contributed by atoms with Crippen LogP contribution in [0.4, 0.5) is 5.82 Å². The minimum absolute atomic E-state index is 0.813. The molecule has 0 amide bonds. The Morgan fingerprint density at radius 3 is 2.79 bits per heavy atom. The first-order valence-corrected chi connectivity index (χ1v) is 8.17. The number of hydrogen-bond acceptors (Lipinski definition) is 4. The highest BCUT2D eigenvalue weighted by Crippen LogP contribution is 2.31. The molecule has 1 N–H and O–H groups in total. The van der Waals surface area contributed by atoms with E-state index in [-0.39, 0.29) is 0 Å². The van der Waals surface area contributed by atoms with E-state index in [1.807, 2.05) is 0 Å². The van der Waals surface area contributed by atoms with Gasteiger partial charge in [0, 0.05) is 6.54 Å². The van der Waals surface area contributed by atoms with E-state index in [1.165, 1.54) is 36.8 Å². The Morgan fingerprint density at radius 2 is 2.00 bits per heavy atom. The fraction of sp³-hybridized carbons (Fsp3) is 0.600. The van der Waals surface area contributed by atoms with Gasteiger partial charge in [0.25, 0.3) is 0 Å². The maximum Gasteiger partial charge on any atom is 0.147 e. The first kappa shape index (κ1) is 12.9. The van der Waals surface area contributed by atoms with E-state index in [9.17, 15) is 0 Å². The highest BCUT2D eigenvalue weighted by Gasteiger charge is 2.20. The van der Waals surface area contributed by atoms with Crippen LogP contribution in [0.1, 0.15) is 39.0 Å². The summed E-state index contributed by atoms with van der Waals surface area (Å²) >= 11 is 1.72. The predicted octanol–water partition coefficient (Wildman–Crippen LogP) is 4.32. The highest BCUT2D eigenvalue weighted by molar-refractivity contribution is 7.17. The number of rotatable bonds is 4. The topological polar surface area (TPSA) is 37.8 Å².